The van der Waals surface area contributed by atoms with E-state index in [1.807, 2.05) is 0 Å². The Hall–Kier alpha value is -3.74. The zero-order chi connectivity index (χ0) is 21.9. The van der Waals surface area contributed by atoms with E-state index in [1.165, 1.54) is 0 Å². The monoisotopic (exact) mass is 420 g/mol. The van der Waals surface area contributed by atoms with Crippen molar-refractivity contribution in [3.05, 3.63) is 0 Å². The molecule has 2 heterocycles. The average Bonchev–Trinajstić information content (AvgIpc) is 3.19. The molecule has 2 aliphatic heterocycles. The number of rotatable bonds is 8. The second-order valence-corrected chi connectivity index (χ2v) is 5.68. The third-order valence-corrected chi connectivity index (χ3v) is 3.43. The highest BCUT2D eigenvalue weighted by atomic mass is 16.7. The first-order chi connectivity index (χ1) is 14.4. The molecule has 2 fully saturated rings. The van der Waals surface area contributed by atoms with Crippen molar-refractivity contribution in [2.75, 3.05) is 26.4 Å². The number of imide groups is 2. The van der Waals surface area contributed by atoms with Gasteiger partial charge in [-0.05, 0) is 11.8 Å². The first kappa shape index (κ1) is 22.5. The van der Waals surface area contributed by atoms with Crippen molar-refractivity contribution < 1.29 is 47.9 Å². The van der Waals surface area contributed by atoms with Crippen LogP contribution >= 0.6 is 0 Å². The van der Waals surface area contributed by atoms with Gasteiger partial charge in [0.1, 0.15) is 26.4 Å². The van der Waals surface area contributed by atoms with Crippen LogP contribution in [0.15, 0.2) is 0 Å². The van der Waals surface area contributed by atoms with Gasteiger partial charge in [-0.3, -0.25) is 19.2 Å². The Morgan fingerprint density at radius 1 is 0.667 bits per heavy atom. The van der Waals surface area contributed by atoms with Gasteiger partial charge in [0.2, 0.25) is 0 Å². The molecule has 158 valence electrons. The summed E-state index contributed by atoms with van der Waals surface area (Å²) in [6.45, 7) is -1.33. The lowest BCUT2D eigenvalue weighted by atomic mass is 10.4. The lowest BCUT2D eigenvalue weighted by molar-refractivity contribution is -0.200. The summed E-state index contributed by atoms with van der Waals surface area (Å²) in [7, 11) is 0. The number of carbonyl (C=O) groups is 6. The number of hydroxylamine groups is 4. The number of ether oxygens (including phenoxy) is 2. The number of carbonyl (C=O) groups excluding carboxylic acids is 6. The van der Waals surface area contributed by atoms with Gasteiger partial charge in [0.25, 0.3) is 23.6 Å². The molecule has 0 bridgehead atoms. The zero-order valence-electron chi connectivity index (χ0n) is 15.6. The van der Waals surface area contributed by atoms with Crippen LogP contribution in [-0.4, -0.2) is 72.1 Å². The summed E-state index contributed by atoms with van der Waals surface area (Å²) in [5, 5.41) is 0.832. The molecule has 2 saturated heterocycles. The fraction of sp³-hybridized carbons (Fsp3) is 0.444. The first-order valence-electron chi connectivity index (χ1n) is 8.63. The van der Waals surface area contributed by atoms with Gasteiger partial charge in [0, 0.05) is 25.7 Å². The van der Waals surface area contributed by atoms with Gasteiger partial charge in [0.15, 0.2) is 0 Å². The van der Waals surface area contributed by atoms with Crippen LogP contribution in [-0.2, 0) is 47.9 Å². The second-order valence-electron chi connectivity index (χ2n) is 5.68. The lowest BCUT2D eigenvalue weighted by Gasteiger charge is -2.11. The third-order valence-electron chi connectivity index (χ3n) is 3.43. The molecule has 2 aliphatic rings. The standard InChI is InChI=1S/C18H16N2O10/c21-13-5-6-14(22)19(13)29-17(25)11-27-9-3-1-2-4-10-28-12-18(26)30-20-15(23)7-8-16(20)24/h5-12H2. The van der Waals surface area contributed by atoms with Crippen LogP contribution in [0, 0.1) is 23.7 Å². The van der Waals surface area contributed by atoms with Crippen LogP contribution < -0.4 is 0 Å². The molecule has 0 radical (unpaired) electrons. The highest BCUT2D eigenvalue weighted by Gasteiger charge is 2.33. The number of hydrogen-bond donors (Lipinski definition) is 0. The van der Waals surface area contributed by atoms with Crippen LogP contribution in [0.2, 0.25) is 0 Å². The van der Waals surface area contributed by atoms with Crippen molar-refractivity contribution in [2.45, 2.75) is 25.7 Å². The van der Waals surface area contributed by atoms with Gasteiger partial charge in [-0.1, -0.05) is 11.8 Å². The number of amides is 4. The smallest absolute Gasteiger partial charge is 0.357 e. The summed E-state index contributed by atoms with van der Waals surface area (Å²) in [5.74, 6) is 5.60. The van der Waals surface area contributed by atoms with Crippen LogP contribution in [0.3, 0.4) is 0 Å². The van der Waals surface area contributed by atoms with Gasteiger partial charge in [0.05, 0.1) is 0 Å². The maximum atomic E-state index is 11.4. The fourth-order valence-corrected chi connectivity index (χ4v) is 2.10. The molecule has 0 spiro atoms. The number of nitrogens with zero attached hydrogens (tertiary/aromatic N) is 2. The van der Waals surface area contributed by atoms with Crippen LogP contribution in [0.1, 0.15) is 25.7 Å². The van der Waals surface area contributed by atoms with E-state index < -0.39 is 48.8 Å². The van der Waals surface area contributed by atoms with E-state index in [9.17, 15) is 28.8 Å². The first-order valence-corrected chi connectivity index (χ1v) is 8.63. The molecule has 0 atom stereocenters. The predicted octanol–water partition coefficient (Wildman–Crippen LogP) is -1.76. The predicted molar refractivity (Wildman–Crippen MR) is 91.5 cm³/mol. The summed E-state index contributed by atoms with van der Waals surface area (Å²) >= 11 is 0. The molecule has 0 saturated carbocycles. The largest absolute Gasteiger partial charge is 0.358 e. The quantitative estimate of drug-likeness (QED) is 0.251. The SMILES string of the molecule is O=C(COCC#CC#CCOCC(=O)ON1C(=O)CCC1=O)ON1C(=O)CCC1=O. The molecule has 12 nitrogen and oxygen atoms in total. The Kier molecular flexibility index (Phi) is 8.50. The van der Waals surface area contributed by atoms with Crippen LogP contribution in [0.5, 0.6) is 0 Å². The Morgan fingerprint density at radius 3 is 1.33 bits per heavy atom. The third kappa shape index (κ3) is 7.01. The minimum Gasteiger partial charge on any atom is -0.357 e. The molecule has 0 aromatic carbocycles. The van der Waals surface area contributed by atoms with E-state index in [1.54, 1.807) is 0 Å². The van der Waals surface area contributed by atoms with Gasteiger partial charge < -0.3 is 19.1 Å². The molecule has 0 aromatic rings. The van der Waals surface area contributed by atoms with Gasteiger partial charge >= 0.3 is 11.9 Å². The Labute approximate surface area is 170 Å². The molecule has 0 N–H and O–H groups in total. The molecular weight excluding hydrogens is 404 g/mol. The van der Waals surface area contributed by atoms with Crippen molar-refractivity contribution >= 4 is 35.6 Å². The summed E-state index contributed by atoms with van der Waals surface area (Å²) in [6.07, 6.45) is -0.000762. The highest BCUT2D eigenvalue weighted by molar-refractivity contribution is 6.02. The minimum atomic E-state index is -0.913. The van der Waals surface area contributed by atoms with E-state index in [4.69, 9.17) is 9.47 Å². The van der Waals surface area contributed by atoms with Gasteiger partial charge in [-0.15, -0.1) is 10.1 Å². The lowest BCUT2D eigenvalue weighted by Crippen LogP contribution is -2.33. The van der Waals surface area contributed by atoms with E-state index in [0.717, 1.165) is 0 Å². The van der Waals surface area contributed by atoms with Crippen molar-refractivity contribution in [3.8, 4) is 23.7 Å². The van der Waals surface area contributed by atoms with E-state index >= 15 is 0 Å². The summed E-state index contributed by atoms with van der Waals surface area (Å²) in [6, 6.07) is 0. The molecule has 2 rings (SSSR count). The average molecular weight is 420 g/mol. The Bertz CT molecular complexity index is 769. The zero-order valence-corrected chi connectivity index (χ0v) is 15.6. The molecule has 4 amide bonds. The molecule has 30 heavy (non-hydrogen) atoms. The maximum Gasteiger partial charge on any atom is 0.358 e. The summed E-state index contributed by atoms with van der Waals surface area (Å²) < 4.78 is 9.80. The molecule has 0 unspecified atom stereocenters. The van der Waals surface area contributed by atoms with Crippen LogP contribution in [0.25, 0.3) is 0 Å². The fourth-order valence-electron chi connectivity index (χ4n) is 2.10. The van der Waals surface area contributed by atoms with Gasteiger partial charge in [-0.25, -0.2) is 9.59 Å². The van der Waals surface area contributed by atoms with Crippen LogP contribution in [0.4, 0.5) is 0 Å². The summed E-state index contributed by atoms with van der Waals surface area (Å²) in [5.41, 5.74) is 0. The van der Waals surface area contributed by atoms with Crippen molar-refractivity contribution in [1.82, 2.24) is 10.1 Å². The van der Waals surface area contributed by atoms with Crippen molar-refractivity contribution in [2.24, 2.45) is 0 Å². The normalized spacial score (nSPS) is 15.5. The topological polar surface area (TPSA) is 146 Å². The molecule has 12 heteroatoms. The van der Waals surface area contributed by atoms with E-state index in [0.29, 0.717) is 10.1 Å². The maximum absolute atomic E-state index is 11.4. The highest BCUT2D eigenvalue weighted by Crippen LogP contribution is 2.12. The van der Waals surface area contributed by atoms with Crippen molar-refractivity contribution in [3.63, 3.8) is 0 Å². The van der Waals surface area contributed by atoms with Crippen molar-refractivity contribution in [1.29, 1.82) is 0 Å². The van der Waals surface area contributed by atoms with Gasteiger partial charge in [-0.2, -0.15) is 0 Å². The Balaban J connectivity index is 1.53. The molecule has 0 aromatic heterocycles. The van der Waals surface area contributed by atoms with E-state index in [2.05, 4.69) is 33.4 Å². The minimum absolute atomic E-state index is 0.000190. The second kappa shape index (κ2) is 11.3. The summed E-state index contributed by atoms with van der Waals surface area (Å²) in [4.78, 5) is 77.1. The van der Waals surface area contributed by atoms with E-state index in [-0.39, 0.29) is 38.9 Å². The Morgan fingerprint density at radius 2 is 1.00 bits per heavy atom. The molecule has 0 aliphatic carbocycles. The molecular formula is C18H16N2O10. The number of hydrogen-bond acceptors (Lipinski definition) is 10.